The van der Waals surface area contributed by atoms with Crippen molar-refractivity contribution in [2.45, 2.75) is 6.42 Å². The summed E-state index contributed by atoms with van der Waals surface area (Å²) >= 11 is 0. The fraction of sp³-hybridized carbons (Fsp3) is 0.316. The molecule has 0 aliphatic carbocycles. The summed E-state index contributed by atoms with van der Waals surface area (Å²) in [5, 5.41) is 0. The number of hydrogen-bond donors (Lipinski definition) is 0. The highest BCUT2D eigenvalue weighted by atomic mass is 19.1. The predicted molar refractivity (Wildman–Crippen MR) is 89.5 cm³/mol. The van der Waals surface area contributed by atoms with Crippen LogP contribution in [0.5, 0.6) is 5.75 Å². The molecule has 0 heterocycles. The first-order valence-corrected chi connectivity index (χ1v) is 7.57. The lowest BCUT2D eigenvalue weighted by molar-refractivity contribution is 0.0896. The summed E-state index contributed by atoms with van der Waals surface area (Å²) in [5.74, 6) is 0.0647. The summed E-state index contributed by atoms with van der Waals surface area (Å²) < 4.78 is 19.1. The number of benzene rings is 2. The number of ether oxygens (including phenoxy) is 1. The van der Waals surface area contributed by atoms with Gasteiger partial charge in [0.1, 0.15) is 11.6 Å². The van der Waals surface area contributed by atoms with Crippen molar-refractivity contribution < 1.29 is 13.9 Å². The van der Waals surface area contributed by atoms with Gasteiger partial charge in [-0.25, -0.2) is 4.39 Å². The van der Waals surface area contributed by atoms with E-state index in [1.54, 1.807) is 49.6 Å². The Morgan fingerprint density at radius 1 is 1.17 bits per heavy atom. The maximum Gasteiger partial charge on any atom is 0.167 e. The highest BCUT2D eigenvalue weighted by Gasteiger charge is 2.23. The van der Waals surface area contributed by atoms with Crippen LogP contribution in [-0.2, 0) is 6.42 Å². The van der Waals surface area contributed by atoms with E-state index in [9.17, 15) is 9.18 Å². The van der Waals surface area contributed by atoms with Gasteiger partial charge in [0, 0.05) is 18.0 Å². The number of Topliss-reactive ketones (excluding diaryl/α,β-unsaturated/α-hetero) is 1. The van der Waals surface area contributed by atoms with E-state index in [-0.39, 0.29) is 17.5 Å². The molecule has 0 aromatic heterocycles. The van der Waals surface area contributed by atoms with Gasteiger partial charge in [0.05, 0.1) is 7.11 Å². The number of methoxy groups -OCH3 is 1. The van der Waals surface area contributed by atoms with Crippen molar-refractivity contribution in [3.05, 3.63) is 65.5 Å². The van der Waals surface area contributed by atoms with Crippen molar-refractivity contribution in [1.29, 1.82) is 0 Å². The van der Waals surface area contributed by atoms with E-state index in [2.05, 4.69) is 0 Å². The van der Waals surface area contributed by atoms with E-state index >= 15 is 0 Å². The van der Waals surface area contributed by atoms with Crippen LogP contribution in [-0.4, -0.2) is 38.4 Å². The zero-order valence-electron chi connectivity index (χ0n) is 13.8. The summed E-state index contributed by atoms with van der Waals surface area (Å²) in [4.78, 5) is 14.8. The minimum atomic E-state index is -0.311. The van der Waals surface area contributed by atoms with E-state index in [4.69, 9.17) is 4.74 Å². The standard InChI is InChI=1S/C19H22FNO2/c1-21(2)13-16(11-14-7-4-5-10-18(14)20)19(22)15-8-6-9-17(12-15)23-3/h4-10,12,16H,11,13H2,1-3H3. The maximum atomic E-state index is 13.9. The Kier molecular flexibility index (Phi) is 5.88. The van der Waals surface area contributed by atoms with Crippen LogP contribution >= 0.6 is 0 Å². The Morgan fingerprint density at radius 2 is 1.91 bits per heavy atom. The lowest BCUT2D eigenvalue weighted by Gasteiger charge is -2.20. The number of halogens is 1. The highest BCUT2D eigenvalue weighted by molar-refractivity contribution is 5.98. The third-order valence-corrected chi connectivity index (χ3v) is 3.73. The van der Waals surface area contributed by atoms with E-state index in [1.165, 1.54) is 6.07 Å². The van der Waals surface area contributed by atoms with Gasteiger partial charge in [-0.05, 0) is 44.3 Å². The summed E-state index contributed by atoms with van der Waals surface area (Å²) in [6.07, 6.45) is 0.376. The molecule has 2 aromatic rings. The number of rotatable bonds is 7. The molecule has 0 aliphatic heterocycles. The predicted octanol–water partition coefficient (Wildman–Crippen LogP) is 3.44. The van der Waals surface area contributed by atoms with Gasteiger partial charge in [-0.2, -0.15) is 0 Å². The molecular formula is C19H22FNO2. The summed E-state index contributed by atoms with van der Waals surface area (Å²) in [5.41, 5.74) is 1.16. The molecule has 0 aliphatic rings. The number of hydrogen-bond acceptors (Lipinski definition) is 3. The molecule has 0 saturated carbocycles. The number of ketones is 1. The highest BCUT2D eigenvalue weighted by Crippen LogP contribution is 2.20. The molecule has 0 amide bonds. The summed E-state index contributed by atoms with van der Waals surface area (Å²) in [6.45, 7) is 0.560. The first-order chi connectivity index (χ1) is 11.0. The lowest BCUT2D eigenvalue weighted by atomic mass is 9.90. The first kappa shape index (κ1) is 17.2. The largest absolute Gasteiger partial charge is 0.497 e. The van der Waals surface area contributed by atoms with Crippen LogP contribution in [0, 0.1) is 11.7 Å². The topological polar surface area (TPSA) is 29.5 Å². The first-order valence-electron chi connectivity index (χ1n) is 7.57. The molecule has 1 atom stereocenters. The van der Waals surface area contributed by atoms with E-state index in [0.717, 1.165) is 0 Å². The molecule has 0 fully saturated rings. The smallest absolute Gasteiger partial charge is 0.167 e. The number of carbonyl (C=O) groups excluding carboxylic acids is 1. The van der Waals surface area contributed by atoms with Crippen LogP contribution < -0.4 is 4.74 Å². The molecule has 23 heavy (non-hydrogen) atoms. The molecule has 2 rings (SSSR count). The van der Waals surface area contributed by atoms with Crippen molar-refractivity contribution in [3.63, 3.8) is 0 Å². The number of carbonyl (C=O) groups is 1. The van der Waals surface area contributed by atoms with Crippen LogP contribution in [0.1, 0.15) is 15.9 Å². The fourth-order valence-corrected chi connectivity index (χ4v) is 2.62. The molecule has 3 nitrogen and oxygen atoms in total. The summed E-state index contributed by atoms with van der Waals surface area (Å²) in [7, 11) is 5.39. The van der Waals surface area contributed by atoms with E-state index < -0.39 is 0 Å². The fourth-order valence-electron chi connectivity index (χ4n) is 2.62. The quantitative estimate of drug-likeness (QED) is 0.733. The second-order valence-corrected chi connectivity index (χ2v) is 5.85. The minimum absolute atomic E-state index is 0.000790. The Morgan fingerprint density at radius 3 is 2.57 bits per heavy atom. The Hall–Kier alpha value is -2.20. The molecular weight excluding hydrogens is 293 g/mol. The molecule has 0 spiro atoms. The van der Waals surface area contributed by atoms with Gasteiger partial charge in [-0.3, -0.25) is 4.79 Å². The van der Waals surface area contributed by atoms with E-state index in [1.807, 2.05) is 19.0 Å². The van der Waals surface area contributed by atoms with Gasteiger partial charge in [0.2, 0.25) is 0 Å². The van der Waals surface area contributed by atoms with Gasteiger partial charge in [-0.15, -0.1) is 0 Å². The van der Waals surface area contributed by atoms with Gasteiger partial charge in [0.25, 0.3) is 0 Å². The molecule has 1 unspecified atom stereocenters. The minimum Gasteiger partial charge on any atom is -0.497 e. The zero-order chi connectivity index (χ0) is 16.8. The Labute approximate surface area is 136 Å². The van der Waals surface area contributed by atoms with Gasteiger partial charge in [-0.1, -0.05) is 30.3 Å². The van der Waals surface area contributed by atoms with Gasteiger partial charge in [0.15, 0.2) is 5.78 Å². The van der Waals surface area contributed by atoms with Crippen molar-refractivity contribution >= 4 is 5.78 Å². The molecule has 0 bridgehead atoms. The van der Waals surface area contributed by atoms with Gasteiger partial charge < -0.3 is 9.64 Å². The lowest BCUT2D eigenvalue weighted by Crippen LogP contribution is -2.30. The third-order valence-electron chi connectivity index (χ3n) is 3.73. The van der Waals surface area contributed by atoms with E-state index in [0.29, 0.717) is 29.8 Å². The van der Waals surface area contributed by atoms with Crippen LogP contribution in [0.25, 0.3) is 0 Å². The second-order valence-electron chi connectivity index (χ2n) is 5.85. The van der Waals surface area contributed by atoms with Crippen molar-refractivity contribution in [3.8, 4) is 5.75 Å². The zero-order valence-corrected chi connectivity index (χ0v) is 13.8. The van der Waals surface area contributed by atoms with Crippen LogP contribution in [0.4, 0.5) is 4.39 Å². The SMILES string of the molecule is COc1cccc(C(=O)C(Cc2ccccc2F)CN(C)C)c1. The average Bonchev–Trinajstić information content (AvgIpc) is 2.55. The van der Waals surface area contributed by atoms with Crippen molar-refractivity contribution in [1.82, 2.24) is 4.90 Å². The van der Waals surface area contributed by atoms with Crippen molar-refractivity contribution in [2.24, 2.45) is 5.92 Å². The van der Waals surface area contributed by atoms with Crippen LogP contribution in [0.2, 0.25) is 0 Å². The molecule has 0 saturated heterocycles. The molecule has 0 N–H and O–H groups in total. The Bertz CT molecular complexity index is 670. The maximum absolute atomic E-state index is 13.9. The Balaban J connectivity index is 2.26. The van der Waals surface area contributed by atoms with Crippen molar-refractivity contribution in [2.75, 3.05) is 27.7 Å². The second kappa shape index (κ2) is 7.88. The normalized spacial score (nSPS) is 12.2. The molecule has 122 valence electrons. The number of nitrogens with zero attached hydrogens (tertiary/aromatic N) is 1. The van der Waals surface area contributed by atoms with Crippen LogP contribution in [0.3, 0.4) is 0 Å². The molecule has 0 radical (unpaired) electrons. The third kappa shape index (κ3) is 4.63. The average molecular weight is 315 g/mol. The summed E-state index contributed by atoms with van der Waals surface area (Å²) in [6, 6.07) is 13.7. The van der Waals surface area contributed by atoms with Gasteiger partial charge >= 0.3 is 0 Å². The molecule has 2 aromatic carbocycles. The molecule has 4 heteroatoms. The van der Waals surface area contributed by atoms with Crippen LogP contribution in [0.15, 0.2) is 48.5 Å². The monoisotopic (exact) mass is 315 g/mol.